The van der Waals surface area contributed by atoms with Crippen molar-refractivity contribution in [1.82, 2.24) is 15.5 Å². The normalized spacial score (nSPS) is 11.5. The highest BCUT2D eigenvalue weighted by Gasteiger charge is 2.03. The van der Waals surface area contributed by atoms with Crippen molar-refractivity contribution < 1.29 is 9.13 Å². The van der Waals surface area contributed by atoms with Crippen LogP contribution >= 0.6 is 0 Å². The molecule has 5 nitrogen and oxygen atoms in total. The van der Waals surface area contributed by atoms with E-state index in [1.807, 2.05) is 57.4 Å². The molecule has 0 bridgehead atoms. The molecule has 0 saturated carbocycles. The van der Waals surface area contributed by atoms with Gasteiger partial charge in [-0.1, -0.05) is 30.3 Å². The van der Waals surface area contributed by atoms with Crippen LogP contribution in [0.1, 0.15) is 18.1 Å². The number of hydrogen-bond donors (Lipinski definition) is 2. The van der Waals surface area contributed by atoms with Crippen molar-refractivity contribution in [2.75, 3.05) is 40.3 Å². The van der Waals surface area contributed by atoms with E-state index in [1.165, 1.54) is 6.07 Å². The zero-order valence-corrected chi connectivity index (χ0v) is 17.0. The van der Waals surface area contributed by atoms with E-state index >= 15 is 0 Å². The van der Waals surface area contributed by atoms with Gasteiger partial charge in [0, 0.05) is 19.6 Å². The van der Waals surface area contributed by atoms with Crippen molar-refractivity contribution >= 4 is 5.96 Å². The molecule has 2 aromatic carbocycles. The lowest BCUT2D eigenvalue weighted by Crippen LogP contribution is -2.38. The standard InChI is InChI=1S/C22H31FN4O/c1-4-24-22(25-13-12-19-9-5-6-11-21(19)23)26-17-18-8-7-10-20(16-18)28-15-14-27(2)3/h5-11,16H,4,12-15,17H2,1-3H3,(H2,24,25,26). The van der Waals surface area contributed by atoms with Gasteiger partial charge < -0.3 is 20.3 Å². The van der Waals surface area contributed by atoms with Crippen molar-refractivity contribution in [3.8, 4) is 5.75 Å². The largest absolute Gasteiger partial charge is 0.492 e. The number of ether oxygens (including phenoxy) is 1. The summed E-state index contributed by atoms with van der Waals surface area (Å²) in [5.74, 6) is 1.40. The van der Waals surface area contributed by atoms with E-state index in [0.29, 0.717) is 31.7 Å². The van der Waals surface area contributed by atoms with Gasteiger partial charge in [-0.3, -0.25) is 0 Å². The molecular formula is C22H31FN4O. The van der Waals surface area contributed by atoms with Crippen molar-refractivity contribution in [2.24, 2.45) is 4.99 Å². The lowest BCUT2D eigenvalue weighted by Gasteiger charge is -2.13. The predicted molar refractivity (Wildman–Crippen MR) is 113 cm³/mol. The summed E-state index contributed by atoms with van der Waals surface area (Å²) in [7, 11) is 4.05. The van der Waals surface area contributed by atoms with E-state index in [4.69, 9.17) is 4.74 Å². The third-order valence-corrected chi connectivity index (χ3v) is 4.11. The molecule has 0 radical (unpaired) electrons. The number of rotatable bonds is 10. The maximum Gasteiger partial charge on any atom is 0.191 e. The monoisotopic (exact) mass is 386 g/mol. The Balaban J connectivity index is 1.88. The van der Waals surface area contributed by atoms with E-state index in [2.05, 4.69) is 20.5 Å². The van der Waals surface area contributed by atoms with Crippen molar-refractivity contribution in [2.45, 2.75) is 19.9 Å². The van der Waals surface area contributed by atoms with Gasteiger partial charge in [0.05, 0.1) is 6.54 Å². The Morgan fingerprint density at radius 3 is 2.68 bits per heavy atom. The molecule has 0 heterocycles. The average Bonchev–Trinajstić information content (AvgIpc) is 2.67. The van der Waals surface area contributed by atoms with Crippen LogP contribution in [0.3, 0.4) is 0 Å². The molecule has 0 amide bonds. The lowest BCUT2D eigenvalue weighted by molar-refractivity contribution is 0.261. The first-order valence-corrected chi connectivity index (χ1v) is 9.70. The summed E-state index contributed by atoms with van der Waals surface area (Å²) in [6.07, 6.45) is 0.603. The van der Waals surface area contributed by atoms with E-state index < -0.39 is 0 Å². The molecule has 0 spiro atoms. The Labute approximate surface area is 167 Å². The number of aliphatic imine (C=N–C) groups is 1. The third kappa shape index (κ3) is 7.96. The first-order valence-electron chi connectivity index (χ1n) is 9.70. The van der Waals surface area contributed by atoms with Gasteiger partial charge in [-0.15, -0.1) is 0 Å². The number of halogens is 1. The molecule has 2 aromatic rings. The minimum atomic E-state index is -0.169. The first kappa shape index (κ1) is 21.7. The van der Waals surface area contributed by atoms with Crippen molar-refractivity contribution in [3.05, 3.63) is 65.5 Å². The fraction of sp³-hybridized carbons (Fsp3) is 0.409. The number of nitrogens with zero attached hydrogens (tertiary/aromatic N) is 2. The second-order valence-corrected chi connectivity index (χ2v) is 6.76. The molecule has 0 aromatic heterocycles. The van der Waals surface area contributed by atoms with Gasteiger partial charge >= 0.3 is 0 Å². The topological polar surface area (TPSA) is 48.9 Å². The number of guanidine groups is 1. The van der Waals surface area contributed by atoms with Crippen LogP contribution in [-0.2, 0) is 13.0 Å². The molecule has 0 saturated heterocycles. The molecule has 2 rings (SSSR count). The second kappa shape index (κ2) is 12.0. The molecule has 152 valence electrons. The molecule has 28 heavy (non-hydrogen) atoms. The fourth-order valence-corrected chi connectivity index (χ4v) is 2.61. The summed E-state index contributed by atoms with van der Waals surface area (Å²) in [4.78, 5) is 6.71. The smallest absolute Gasteiger partial charge is 0.191 e. The number of likely N-dealkylation sites (N-methyl/N-ethyl adjacent to an activating group) is 1. The van der Waals surface area contributed by atoms with Gasteiger partial charge in [0.25, 0.3) is 0 Å². The highest BCUT2D eigenvalue weighted by atomic mass is 19.1. The van der Waals surface area contributed by atoms with Gasteiger partial charge in [-0.25, -0.2) is 9.38 Å². The number of hydrogen-bond acceptors (Lipinski definition) is 3. The summed E-state index contributed by atoms with van der Waals surface area (Å²) in [6, 6.07) is 14.8. The first-order chi connectivity index (χ1) is 13.6. The maximum atomic E-state index is 13.7. The molecule has 0 aliphatic carbocycles. The molecule has 0 aliphatic rings. The van der Waals surface area contributed by atoms with Gasteiger partial charge in [0.15, 0.2) is 5.96 Å². The molecule has 0 unspecified atom stereocenters. The van der Waals surface area contributed by atoms with Crippen LogP contribution < -0.4 is 15.4 Å². The van der Waals surface area contributed by atoms with Gasteiger partial charge in [0.1, 0.15) is 18.2 Å². The van der Waals surface area contributed by atoms with Crippen LogP contribution in [0.2, 0.25) is 0 Å². The molecular weight excluding hydrogens is 355 g/mol. The summed E-state index contributed by atoms with van der Waals surface area (Å²) in [6.45, 7) is 5.46. The highest BCUT2D eigenvalue weighted by Crippen LogP contribution is 2.14. The van der Waals surface area contributed by atoms with Gasteiger partial charge in [-0.2, -0.15) is 0 Å². The van der Waals surface area contributed by atoms with Crippen LogP contribution in [0.15, 0.2) is 53.5 Å². The Morgan fingerprint density at radius 2 is 1.93 bits per heavy atom. The molecule has 6 heteroatoms. The molecule has 0 aliphatic heterocycles. The van der Waals surface area contributed by atoms with Crippen LogP contribution in [0, 0.1) is 5.82 Å². The predicted octanol–water partition coefficient (Wildman–Crippen LogP) is 3.06. The zero-order chi connectivity index (χ0) is 20.2. The second-order valence-electron chi connectivity index (χ2n) is 6.76. The Hall–Kier alpha value is -2.60. The van der Waals surface area contributed by atoms with E-state index in [-0.39, 0.29) is 5.82 Å². The van der Waals surface area contributed by atoms with Crippen LogP contribution in [-0.4, -0.2) is 51.2 Å². The Morgan fingerprint density at radius 1 is 1.11 bits per heavy atom. The van der Waals surface area contributed by atoms with E-state index in [9.17, 15) is 4.39 Å². The zero-order valence-electron chi connectivity index (χ0n) is 17.0. The average molecular weight is 387 g/mol. The molecule has 0 atom stereocenters. The Kier molecular flexibility index (Phi) is 9.28. The summed E-state index contributed by atoms with van der Waals surface area (Å²) < 4.78 is 19.5. The maximum absolute atomic E-state index is 13.7. The van der Waals surface area contributed by atoms with Crippen LogP contribution in [0.5, 0.6) is 5.75 Å². The minimum Gasteiger partial charge on any atom is -0.492 e. The fourth-order valence-electron chi connectivity index (χ4n) is 2.61. The van der Waals surface area contributed by atoms with E-state index in [1.54, 1.807) is 6.07 Å². The number of benzene rings is 2. The summed E-state index contributed by atoms with van der Waals surface area (Å²) in [5, 5.41) is 6.49. The van der Waals surface area contributed by atoms with Crippen molar-refractivity contribution in [3.63, 3.8) is 0 Å². The van der Waals surface area contributed by atoms with Gasteiger partial charge in [0.2, 0.25) is 0 Å². The SMILES string of the molecule is CCNC(=NCc1cccc(OCCN(C)C)c1)NCCc1ccccc1F. The van der Waals surface area contributed by atoms with E-state index in [0.717, 1.165) is 30.4 Å². The molecule has 0 fully saturated rings. The summed E-state index contributed by atoms with van der Waals surface area (Å²) >= 11 is 0. The van der Waals surface area contributed by atoms with Crippen LogP contribution in [0.4, 0.5) is 4.39 Å². The highest BCUT2D eigenvalue weighted by molar-refractivity contribution is 5.79. The van der Waals surface area contributed by atoms with Crippen LogP contribution in [0.25, 0.3) is 0 Å². The summed E-state index contributed by atoms with van der Waals surface area (Å²) in [5.41, 5.74) is 1.78. The third-order valence-electron chi connectivity index (χ3n) is 4.11. The number of nitrogens with one attached hydrogen (secondary N) is 2. The lowest BCUT2D eigenvalue weighted by atomic mass is 10.1. The Bertz CT molecular complexity index is 749. The van der Waals surface area contributed by atoms with Crippen molar-refractivity contribution in [1.29, 1.82) is 0 Å². The molecule has 2 N–H and O–H groups in total. The minimum absolute atomic E-state index is 0.169. The van der Waals surface area contributed by atoms with Gasteiger partial charge in [-0.05, 0) is 56.8 Å². The quantitative estimate of drug-likeness (QED) is 0.487.